The Balaban J connectivity index is 1.36. The Kier molecular flexibility index (Phi) is 5.38. The molecule has 0 aliphatic heterocycles. The molecule has 176 valence electrons. The van der Waals surface area contributed by atoms with Crippen LogP contribution in [0.1, 0.15) is 0 Å². The first kappa shape index (κ1) is 21.9. The average molecular weight is 541 g/mol. The zero-order chi connectivity index (χ0) is 24.6. The van der Waals surface area contributed by atoms with Crippen molar-refractivity contribution in [3.63, 3.8) is 0 Å². The van der Waals surface area contributed by atoms with Gasteiger partial charge in [-0.15, -0.1) is 20.4 Å². The molecule has 0 saturated heterocycles. The molecule has 3 N–H and O–H groups in total. The fourth-order valence-electron chi connectivity index (χ4n) is 4.07. The summed E-state index contributed by atoms with van der Waals surface area (Å²) in [5.41, 5.74) is 3.54. The number of azo groups is 1. The van der Waals surface area contributed by atoms with Gasteiger partial charge < -0.3 is 20.0 Å². The molecule has 0 spiro atoms. The lowest BCUT2D eigenvalue weighted by molar-refractivity contribution is -0.116. The largest absolute Gasteiger partial charge is 0.493 e. The Morgan fingerprint density at radius 3 is 2.67 bits per heavy atom. The van der Waals surface area contributed by atoms with Crippen LogP contribution in [0.3, 0.4) is 0 Å². The minimum Gasteiger partial charge on any atom is -0.493 e. The van der Waals surface area contributed by atoms with Gasteiger partial charge in [0.05, 0.1) is 5.52 Å². The van der Waals surface area contributed by atoms with E-state index in [9.17, 15) is 9.90 Å². The second-order valence-electron chi connectivity index (χ2n) is 8.01. The first-order valence-electron chi connectivity index (χ1n) is 11.0. The summed E-state index contributed by atoms with van der Waals surface area (Å²) >= 11 is 3.45. The lowest BCUT2D eigenvalue weighted by Crippen LogP contribution is -2.18. The molecule has 0 atom stereocenters. The van der Waals surface area contributed by atoms with Gasteiger partial charge in [0.2, 0.25) is 11.8 Å². The molecule has 11 heteroatoms. The van der Waals surface area contributed by atoms with E-state index in [1.165, 1.54) is 4.57 Å². The van der Waals surface area contributed by atoms with Crippen molar-refractivity contribution in [2.45, 2.75) is 6.54 Å². The molecule has 3 heterocycles. The van der Waals surface area contributed by atoms with Gasteiger partial charge in [0, 0.05) is 26.4 Å². The number of benzene rings is 3. The number of hydrogen-bond acceptors (Lipinski definition) is 7. The van der Waals surface area contributed by atoms with E-state index in [0.717, 1.165) is 15.4 Å². The summed E-state index contributed by atoms with van der Waals surface area (Å²) in [7, 11) is 0. The van der Waals surface area contributed by atoms with E-state index in [1.807, 2.05) is 48.5 Å². The fourth-order valence-corrected chi connectivity index (χ4v) is 4.43. The number of anilines is 1. The predicted octanol–water partition coefficient (Wildman–Crippen LogP) is 5.98. The van der Waals surface area contributed by atoms with Crippen molar-refractivity contribution in [2.24, 2.45) is 10.2 Å². The van der Waals surface area contributed by atoms with Gasteiger partial charge in [-0.1, -0.05) is 52.3 Å². The van der Waals surface area contributed by atoms with E-state index in [-0.39, 0.29) is 30.0 Å². The summed E-state index contributed by atoms with van der Waals surface area (Å²) in [5, 5.41) is 32.0. The Morgan fingerprint density at radius 2 is 1.81 bits per heavy atom. The van der Waals surface area contributed by atoms with Crippen LogP contribution in [0, 0.1) is 0 Å². The molecule has 0 radical (unpaired) electrons. The van der Waals surface area contributed by atoms with Crippen molar-refractivity contribution < 1.29 is 9.90 Å². The van der Waals surface area contributed by atoms with Crippen LogP contribution in [-0.2, 0) is 11.3 Å². The third-order valence-electron chi connectivity index (χ3n) is 5.68. The predicted molar refractivity (Wildman–Crippen MR) is 140 cm³/mol. The van der Waals surface area contributed by atoms with Crippen molar-refractivity contribution in [1.29, 1.82) is 0 Å². The second-order valence-corrected chi connectivity index (χ2v) is 8.93. The summed E-state index contributed by atoms with van der Waals surface area (Å²) in [6.45, 7) is -0.118. The highest BCUT2D eigenvalue weighted by molar-refractivity contribution is 9.10. The highest BCUT2D eigenvalue weighted by Crippen LogP contribution is 2.40. The summed E-state index contributed by atoms with van der Waals surface area (Å²) in [6.07, 6.45) is 0. The van der Waals surface area contributed by atoms with Crippen molar-refractivity contribution in [2.75, 3.05) is 5.32 Å². The van der Waals surface area contributed by atoms with E-state index >= 15 is 0 Å². The van der Waals surface area contributed by atoms with Crippen LogP contribution in [0.15, 0.2) is 87.5 Å². The van der Waals surface area contributed by atoms with Gasteiger partial charge >= 0.3 is 0 Å². The van der Waals surface area contributed by atoms with Crippen LogP contribution in [0.25, 0.3) is 33.0 Å². The van der Waals surface area contributed by atoms with Crippen LogP contribution in [-0.4, -0.2) is 35.7 Å². The fraction of sp³-hybridized carbons (Fsp3) is 0.0400. The zero-order valence-electron chi connectivity index (χ0n) is 18.6. The number of hydrogen-bond donors (Lipinski definition) is 3. The molecule has 6 aromatic rings. The number of amides is 1. The number of halogens is 1. The van der Waals surface area contributed by atoms with Gasteiger partial charge in [0.15, 0.2) is 11.3 Å². The molecule has 1 amide bonds. The number of nitrogens with one attached hydrogen (secondary N) is 2. The summed E-state index contributed by atoms with van der Waals surface area (Å²) in [5.74, 6) is -0.461. The summed E-state index contributed by atoms with van der Waals surface area (Å²) in [4.78, 5) is 20.3. The highest BCUT2D eigenvalue weighted by Gasteiger charge is 2.19. The highest BCUT2D eigenvalue weighted by atomic mass is 79.9. The standard InChI is InChI=1S/C25H17BrN8O2/c26-14-10-11-19-17(12-14)22(24(36)34(19)13-20(35)27-15-6-2-1-3-7-15)31-33-25-29-23-21(30-32-25)16-8-4-5-9-18(16)28-23/h1-12,36H,13H2,(H,27,35)(H,28,29,32). The number of aromatic amines is 1. The molecule has 0 bridgehead atoms. The summed E-state index contributed by atoms with van der Waals surface area (Å²) in [6, 6.07) is 22.2. The quantitative estimate of drug-likeness (QED) is 0.231. The number of rotatable bonds is 5. The second kappa shape index (κ2) is 8.86. The first-order valence-corrected chi connectivity index (χ1v) is 11.7. The number of carbonyl (C=O) groups excluding carboxylic acids is 1. The van der Waals surface area contributed by atoms with Crippen LogP contribution < -0.4 is 5.32 Å². The number of aromatic nitrogens is 5. The maximum absolute atomic E-state index is 12.7. The molecule has 3 aromatic carbocycles. The average Bonchev–Trinajstić information content (AvgIpc) is 3.37. The molecular formula is C25H17BrN8O2. The minimum atomic E-state index is -0.295. The molecule has 36 heavy (non-hydrogen) atoms. The molecule has 6 rings (SSSR count). The van der Waals surface area contributed by atoms with Crippen LogP contribution in [0.4, 0.5) is 17.3 Å². The Hall–Kier alpha value is -4.64. The SMILES string of the molecule is O=C(Cn1c(O)c(N=Nc2nnc3c(n2)[nH]c2ccccc23)c2cc(Br)ccc21)Nc1ccccc1. The topological polar surface area (TPSA) is 133 Å². The van der Waals surface area contributed by atoms with Crippen molar-refractivity contribution in [3.8, 4) is 5.88 Å². The minimum absolute atomic E-state index is 0.0335. The van der Waals surface area contributed by atoms with Gasteiger partial charge in [-0.3, -0.25) is 4.79 Å². The molecule has 3 aromatic heterocycles. The molecule has 10 nitrogen and oxygen atoms in total. The van der Waals surface area contributed by atoms with Crippen LogP contribution in [0.2, 0.25) is 0 Å². The van der Waals surface area contributed by atoms with E-state index in [4.69, 9.17) is 0 Å². The number of carbonyl (C=O) groups is 1. The van der Waals surface area contributed by atoms with Crippen LogP contribution >= 0.6 is 15.9 Å². The van der Waals surface area contributed by atoms with Gasteiger partial charge in [-0.05, 0) is 36.4 Å². The van der Waals surface area contributed by atoms with Crippen molar-refractivity contribution >= 4 is 72.1 Å². The Morgan fingerprint density at radius 1 is 1.00 bits per heavy atom. The van der Waals surface area contributed by atoms with E-state index < -0.39 is 0 Å². The lowest BCUT2D eigenvalue weighted by Gasteiger charge is -2.08. The third-order valence-corrected chi connectivity index (χ3v) is 6.17. The monoisotopic (exact) mass is 540 g/mol. The number of fused-ring (bicyclic) bond motifs is 4. The Labute approximate surface area is 211 Å². The molecule has 0 aliphatic carbocycles. The molecule has 0 saturated carbocycles. The molecule has 0 aliphatic rings. The number of para-hydroxylation sites is 2. The lowest BCUT2D eigenvalue weighted by atomic mass is 10.2. The number of nitrogens with zero attached hydrogens (tertiary/aromatic N) is 6. The number of H-pyrrole nitrogens is 1. The third kappa shape index (κ3) is 3.95. The van der Waals surface area contributed by atoms with Gasteiger partial charge in [0.1, 0.15) is 12.1 Å². The maximum Gasteiger partial charge on any atom is 0.289 e. The van der Waals surface area contributed by atoms with Gasteiger partial charge in [0.25, 0.3) is 5.95 Å². The summed E-state index contributed by atoms with van der Waals surface area (Å²) < 4.78 is 2.27. The van der Waals surface area contributed by atoms with Crippen molar-refractivity contribution in [1.82, 2.24) is 24.7 Å². The van der Waals surface area contributed by atoms with E-state index in [0.29, 0.717) is 27.8 Å². The van der Waals surface area contributed by atoms with Gasteiger partial charge in [-0.25, -0.2) is 0 Å². The smallest absolute Gasteiger partial charge is 0.289 e. The normalized spacial score (nSPS) is 11.7. The molecule has 0 unspecified atom stereocenters. The van der Waals surface area contributed by atoms with Gasteiger partial charge in [-0.2, -0.15) is 4.98 Å². The molecular weight excluding hydrogens is 524 g/mol. The van der Waals surface area contributed by atoms with E-state index in [2.05, 4.69) is 51.6 Å². The maximum atomic E-state index is 12.7. The van der Waals surface area contributed by atoms with Crippen LogP contribution in [0.5, 0.6) is 5.88 Å². The van der Waals surface area contributed by atoms with Crippen molar-refractivity contribution in [3.05, 3.63) is 77.3 Å². The Bertz CT molecular complexity index is 1790. The van der Waals surface area contributed by atoms with E-state index in [1.54, 1.807) is 24.3 Å². The zero-order valence-corrected chi connectivity index (χ0v) is 20.1. The number of aromatic hydroxyl groups is 1. The molecule has 0 fully saturated rings. The first-order chi connectivity index (χ1) is 17.6.